The highest BCUT2D eigenvalue weighted by Gasteiger charge is 2.28. The van der Waals surface area contributed by atoms with E-state index in [0.717, 1.165) is 40.1 Å². The predicted molar refractivity (Wildman–Crippen MR) is 172 cm³/mol. The van der Waals surface area contributed by atoms with Crippen LogP contribution in [0.3, 0.4) is 0 Å². The summed E-state index contributed by atoms with van der Waals surface area (Å²) >= 11 is 8.07. The summed E-state index contributed by atoms with van der Waals surface area (Å²) in [5.74, 6) is 0.0403. The number of ether oxygens (including phenoxy) is 2. The molecule has 8 heteroatoms. The van der Waals surface area contributed by atoms with E-state index in [9.17, 15) is 4.79 Å². The third-order valence-electron chi connectivity index (χ3n) is 7.67. The monoisotopic (exact) mass is 612 g/mol. The number of pyridine rings is 1. The van der Waals surface area contributed by atoms with Crippen LogP contribution in [-0.2, 0) is 35.5 Å². The Labute approximate surface area is 260 Å². The highest BCUT2D eigenvalue weighted by Crippen LogP contribution is 2.47. The van der Waals surface area contributed by atoms with Crippen molar-refractivity contribution in [1.29, 1.82) is 0 Å². The molecule has 0 amide bonds. The average Bonchev–Trinajstić information content (AvgIpc) is 3.30. The van der Waals surface area contributed by atoms with Crippen molar-refractivity contribution in [3.63, 3.8) is 0 Å². The number of halogens is 1. The number of aromatic nitrogens is 2. The van der Waals surface area contributed by atoms with Gasteiger partial charge in [0, 0.05) is 56.5 Å². The number of carboxylic acids is 1. The van der Waals surface area contributed by atoms with Crippen molar-refractivity contribution in [2.75, 3.05) is 13.2 Å². The Balaban J connectivity index is 1.30. The summed E-state index contributed by atoms with van der Waals surface area (Å²) in [5.41, 5.74) is 7.85. The fourth-order valence-electron chi connectivity index (χ4n) is 5.60. The Morgan fingerprint density at radius 1 is 1.02 bits per heavy atom. The van der Waals surface area contributed by atoms with E-state index in [-0.39, 0.29) is 13.0 Å². The lowest BCUT2D eigenvalue weighted by Gasteiger charge is -2.22. The van der Waals surface area contributed by atoms with E-state index in [1.165, 1.54) is 21.5 Å². The second-order valence-corrected chi connectivity index (χ2v) is 12.6. The van der Waals surface area contributed by atoms with Crippen molar-refractivity contribution < 1.29 is 19.4 Å². The van der Waals surface area contributed by atoms with Crippen LogP contribution in [0, 0.1) is 0 Å². The average molecular weight is 613 g/mol. The van der Waals surface area contributed by atoms with E-state index in [4.69, 9.17) is 26.2 Å². The van der Waals surface area contributed by atoms with Crippen molar-refractivity contribution in [2.45, 2.75) is 49.5 Å². The van der Waals surface area contributed by atoms with Crippen LogP contribution in [0.15, 0.2) is 90.0 Å². The molecule has 3 aromatic carbocycles. The molecule has 43 heavy (non-hydrogen) atoms. The van der Waals surface area contributed by atoms with Gasteiger partial charge in [-0.2, -0.15) is 0 Å². The number of rotatable bonds is 12. The minimum absolute atomic E-state index is 0.00108. The number of aliphatic carboxylic acids is 1. The summed E-state index contributed by atoms with van der Waals surface area (Å²) < 4.78 is 14.6. The molecule has 1 unspecified atom stereocenters. The first-order valence-electron chi connectivity index (χ1n) is 14.5. The number of carbonyl (C=O) groups is 1. The number of hydrogen-bond donors (Lipinski definition) is 1. The maximum Gasteiger partial charge on any atom is 0.305 e. The van der Waals surface area contributed by atoms with Crippen molar-refractivity contribution in [3.05, 3.63) is 113 Å². The zero-order valence-electron chi connectivity index (χ0n) is 24.0. The van der Waals surface area contributed by atoms with Crippen molar-refractivity contribution in [1.82, 2.24) is 9.55 Å². The van der Waals surface area contributed by atoms with Crippen LogP contribution in [0.1, 0.15) is 35.9 Å². The molecule has 5 aromatic rings. The normalized spacial score (nSPS) is 14.2. The molecule has 3 heterocycles. The molecule has 0 saturated carbocycles. The van der Waals surface area contributed by atoms with Gasteiger partial charge in [-0.1, -0.05) is 67.1 Å². The van der Waals surface area contributed by atoms with E-state index in [1.807, 2.05) is 54.4 Å². The second-order valence-electron chi connectivity index (χ2n) is 10.8. The fraction of sp³-hybridized carbons (Fsp3) is 0.257. The summed E-state index contributed by atoms with van der Waals surface area (Å²) in [6.45, 7) is 4.00. The van der Waals surface area contributed by atoms with Crippen molar-refractivity contribution >= 4 is 40.2 Å². The molecule has 0 bridgehead atoms. The molecule has 6 rings (SSSR count). The number of benzene rings is 3. The van der Waals surface area contributed by atoms with Gasteiger partial charge in [0.25, 0.3) is 0 Å². The molecule has 1 aliphatic heterocycles. The molecule has 220 valence electrons. The van der Waals surface area contributed by atoms with E-state index in [1.54, 1.807) is 0 Å². The zero-order valence-corrected chi connectivity index (χ0v) is 25.5. The number of thioether (sulfide) groups is 1. The van der Waals surface area contributed by atoms with E-state index >= 15 is 0 Å². The molecule has 0 radical (unpaired) electrons. The summed E-state index contributed by atoms with van der Waals surface area (Å²) in [4.78, 5) is 16.9. The Morgan fingerprint density at radius 2 is 1.84 bits per heavy atom. The van der Waals surface area contributed by atoms with E-state index < -0.39 is 5.97 Å². The lowest BCUT2D eigenvalue weighted by molar-refractivity contribution is -0.138. The third-order valence-corrected chi connectivity index (χ3v) is 9.17. The maximum atomic E-state index is 10.9. The first-order valence-corrected chi connectivity index (χ1v) is 15.7. The summed E-state index contributed by atoms with van der Waals surface area (Å²) in [7, 11) is 0. The minimum atomic E-state index is -0.851. The lowest BCUT2D eigenvalue weighted by Crippen LogP contribution is -2.11. The zero-order chi connectivity index (χ0) is 29.8. The maximum absolute atomic E-state index is 10.9. The van der Waals surface area contributed by atoms with Gasteiger partial charge < -0.3 is 19.1 Å². The molecule has 1 atom stereocenters. The van der Waals surface area contributed by atoms with Gasteiger partial charge in [-0.25, -0.2) is 0 Å². The van der Waals surface area contributed by atoms with Crippen LogP contribution in [-0.4, -0.2) is 39.1 Å². The number of nitrogens with zero attached hydrogens (tertiary/aromatic N) is 2. The lowest BCUT2D eigenvalue weighted by atomic mass is 10.0. The van der Waals surface area contributed by atoms with Crippen LogP contribution in [0.25, 0.3) is 22.0 Å². The Hall–Kier alpha value is -3.78. The van der Waals surface area contributed by atoms with Crippen LogP contribution in [0.5, 0.6) is 5.75 Å². The molecule has 0 saturated heterocycles. The van der Waals surface area contributed by atoms with Crippen LogP contribution < -0.4 is 4.74 Å². The molecule has 0 fully saturated rings. The van der Waals surface area contributed by atoms with Gasteiger partial charge in [0.1, 0.15) is 12.4 Å². The van der Waals surface area contributed by atoms with E-state index in [0.29, 0.717) is 36.5 Å². The summed E-state index contributed by atoms with van der Waals surface area (Å²) in [6, 6.07) is 26.6. The SMILES string of the molecule is CC1Cc2c(OCc3ccc(-c4ccccc4)cn3)ccc3c2c(c(CCOCCC(=O)O)n3Cc2ccc(Cl)cc2)S1. The Bertz CT molecular complexity index is 1720. The third kappa shape index (κ3) is 6.74. The van der Waals surface area contributed by atoms with Gasteiger partial charge in [-0.15, -0.1) is 11.8 Å². The molecule has 6 nitrogen and oxygen atoms in total. The van der Waals surface area contributed by atoms with Crippen LogP contribution in [0.2, 0.25) is 5.02 Å². The van der Waals surface area contributed by atoms with E-state index in [2.05, 4.69) is 58.9 Å². The van der Waals surface area contributed by atoms with Crippen molar-refractivity contribution in [2.24, 2.45) is 0 Å². The molecule has 2 aromatic heterocycles. The van der Waals surface area contributed by atoms with Gasteiger partial charge >= 0.3 is 5.97 Å². The molecule has 1 N–H and O–H groups in total. The summed E-state index contributed by atoms with van der Waals surface area (Å²) in [6.07, 6.45) is 3.50. The minimum Gasteiger partial charge on any atom is -0.487 e. The van der Waals surface area contributed by atoms with Gasteiger partial charge in [0.15, 0.2) is 0 Å². The first-order chi connectivity index (χ1) is 21.0. The van der Waals surface area contributed by atoms with Gasteiger partial charge in [0.05, 0.1) is 30.8 Å². The van der Waals surface area contributed by atoms with Gasteiger partial charge in [-0.05, 0) is 47.9 Å². The molecular formula is C35H33ClN2O4S. The second kappa shape index (κ2) is 13.2. The first kappa shape index (κ1) is 29.3. The Morgan fingerprint density at radius 3 is 2.58 bits per heavy atom. The van der Waals surface area contributed by atoms with Crippen LogP contribution in [0.4, 0.5) is 0 Å². The van der Waals surface area contributed by atoms with Crippen LogP contribution >= 0.6 is 23.4 Å². The standard InChI is InChI=1S/C35H33ClN2O4S/c1-23-19-29-32(42-22-28-12-9-26(20-37-28)25-5-3-2-4-6-25)14-13-30-34(29)35(43-23)31(15-17-41-18-16-33(39)40)38(30)21-24-7-10-27(36)11-8-24/h2-14,20,23H,15-19,21-22H2,1H3,(H,39,40). The Kier molecular flexibility index (Phi) is 9.03. The number of hydrogen-bond acceptors (Lipinski definition) is 5. The summed E-state index contributed by atoms with van der Waals surface area (Å²) in [5, 5.41) is 11.3. The molecule has 1 aliphatic rings. The predicted octanol–water partition coefficient (Wildman–Crippen LogP) is 8.05. The molecule has 0 aliphatic carbocycles. The highest BCUT2D eigenvalue weighted by atomic mass is 35.5. The topological polar surface area (TPSA) is 73.6 Å². The quantitative estimate of drug-likeness (QED) is 0.144. The fourth-order valence-corrected chi connectivity index (χ4v) is 7.07. The smallest absolute Gasteiger partial charge is 0.305 e. The number of carboxylic acid groups (broad SMARTS) is 1. The van der Waals surface area contributed by atoms with Gasteiger partial charge in [0.2, 0.25) is 0 Å². The highest BCUT2D eigenvalue weighted by molar-refractivity contribution is 8.00. The van der Waals surface area contributed by atoms with Crippen molar-refractivity contribution in [3.8, 4) is 16.9 Å². The molecular weight excluding hydrogens is 580 g/mol. The largest absolute Gasteiger partial charge is 0.487 e. The molecule has 0 spiro atoms. The van der Waals surface area contributed by atoms with Gasteiger partial charge in [-0.3, -0.25) is 9.78 Å².